The Kier molecular flexibility index (Phi) is 5.20. The Morgan fingerprint density at radius 1 is 1.29 bits per heavy atom. The summed E-state index contributed by atoms with van der Waals surface area (Å²) in [5, 5.41) is 4.30. The highest BCUT2D eigenvalue weighted by Crippen LogP contribution is 2.26. The van der Waals surface area contributed by atoms with Gasteiger partial charge in [0.25, 0.3) is 0 Å². The molecule has 1 aliphatic rings. The lowest BCUT2D eigenvalue weighted by molar-refractivity contribution is 0.411. The van der Waals surface area contributed by atoms with Gasteiger partial charge in [-0.25, -0.2) is 17.8 Å². The first-order valence-electron chi connectivity index (χ1n) is 8.22. The summed E-state index contributed by atoms with van der Waals surface area (Å²) in [5.74, 6) is 1.25. The number of methoxy groups -OCH3 is 1. The smallest absolute Gasteiger partial charge is 0.212 e. The van der Waals surface area contributed by atoms with E-state index in [0.29, 0.717) is 11.7 Å². The molecule has 130 valence electrons. The van der Waals surface area contributed by atoms with Gasteiger partial charge in [-0.2, -0.15) is 5.10 Å². The van der Waals surface area contributed by atoms with Gasteiger partial charge in [0.1, 0.15) is 11.4 Å². The van der Waals surface area contributed by atoms with Crippen LogP contribution < -0.4 is 9.46 Å². The minimum Gasteiger partial charge on any atom is -0.494 e. The summed E-state index contributed by atoms with van der Waals surface area (Å²) in [6.07, 6.45) is 7.82. The Morgan fingerprint density at radius 2 is 2.04 bits per heavy atom. The quantitative estimate of drug-likeness (QED) is 0.833. The maximum absolute atomic E-state index is 12.2. The number of ether oxygens (including phenoxy) is 1. The van der Waals surface area contributed by atoms with Crippen LogP contribution in [0.25, 0.3) is 5.69 Å². The monoisotopic (exact) mass is 349 g/mol. The molecule has 6 nitrogen and oxygen atoms in total. The van der Waals surface area contributed by atoms with Crippen LogP contribution in [0.4, 0.5) is 0 Å². The average Bonchev–Trinajstić information content (AvgIpc) is 3.24. The Balaban J connectivity index is 1.63. The second-order valence-electron chi connectivity index (χ2n) is 6.22. The van der Waals surface area contributed by atoms with Crippen molar-refractivity contribution in [3.05, 3.63) is 42.2 Å². The molecule has 0 unspecified atom stereocenters. The molecule has 1 aromatic heterocycles. The van der Waals surface area contributed by atoms with E-state index in [9.17, 15) is 8.42 Å². The lowest BCUT2D eigenvalue weighted by atomic mass is 10.1. The molecule has 2 aromatic rings. The van der Waals surface area contributed by atoms with Crippen LogP contribution in [-0.2, 0) is 16.6 Å². The standard InChI is InChI=1S/C17H23N3O3S/c1-23-17-9-5-4-8-16(17)20-12-15(10-18-20)11-19-24(21,22)13-14-6-2-3-7-14/h4-5,8-10,12,14,19H,2-3,6-7,11,13H2,1H3. The maximum atomic E-state index is 12.2. The molecule has 7 heteroatoms. The van der Waals surface area contributed by atoms with Gasteiger partial charge in [0.05, 0.1) is 19.1 Å². The zero-order valence-corrected chi connectivity index (χ0v) is 14.6. The number of benzene rings is 1. The van der Waals surface area contributed by atoms with E-state index in [1.165, 1.54) is 0 Å². The predicted molar refractivity (Wildman–Crippen MR) is 92.7 cm³/mol. The van der Waals surface area contributed by atoms with Crippen LogP contribution in [0.5, 0.6) is 5.75 Å². The number of hydrogen-bond donors (Lipinski definition) is 1. The zero-order chi connectivity index (χ0) is 17.0. The number of para-hydroxylation sites is 2. The number of rotatable bonds is 7. The molecule has 0 atom stereocenters. The van der Waals surface area contributed by atoms with Crippen LogP contribution in [-0.4, -0.2) is 31.1 Å². The van der Waals surface area contributed by atoms with Crippen molar-refractivity contribution in [1.29, 1.82) is 0 Å². The van der Waals surface area contributed by atoms with Gasteiger partial charge in [0.2, 0.25) is 10.0 Å². The first kappa shape index (κ1) is 17.0. The van der Waals surface area contributed by atoms with Gasteiger partial charge in [-0.15, -0.1) is 0 Å². The molecule has 1 N–H and O–H groups in total. The van der Waals surface area contributed by atoms with Crippen molar-refractivity contribution in [2.75, 3.05) is 12.9 Å². The van der Waals surface area contributed by atoms with Crippen LogP contribution in [0, 0.1) is 5.92 Å². The van der Waals surface area contributed by atoms with Crippen LogP contribution in [0.1, 0.15) is 31.2 Å². The Bertz CT molecular complexity index is 780. The van der Waals surface area contributed by atoms with Crippen molar-refractivity contribution >= 4 is 10.0 Å². The number of aromatic nitrogens is 2. The Hall–Kier alpha value is -1.86. The molecule has 0 aliphatic heterocycles. The van der Waals surface area contributed by atoms with E-state index in [4.69, 9.17) is 4.74 Å². The topological polar surface area (TPSA) is 73.2 Å². The van der Waals surface area contributed by atoms with Gasteiger partial charge >= 0.3 is 0 Å². The second kappa shape index (κ2) is 7.36. The number of sulfonamides is 1. The van der Waals surface area contributed by atoms with Crippen molar-refractivity contribution < 1.29 is 13.2 Å². The fourth-order valence-corrected chi connectivity index (χ4v) is 4.60. The van der Waals surface area contributed by atoms with E-state index < -0.39 is 10.0 Å². The summed E-state index contributed by atoms with van der Waals surface area (Å²) in [6, 6.07) is 7.56. The zero-order valence-electron chi connectivity index (χ0n) is 13.8. The number of nitrogens with one attached hydrogen (secondary N) is 1. The van der Waals surface area contributed by atoms with Crippen LogP contribution in [0.3, 0.4) is 0 Å². The van der Waals surface area contributed by atoms with Gasteiger partial charge in [-0.05, 0) is 30.9 Å². The van der Waals surface area contributed by atoms with E-state index >= 15 is 0 Å². The van der Waals surface area contributed by atoms with Crippen molar-refractivity contribution in [3.63, 3.8) is 0 Å². The summed E-state index contributed by atoms with van der Waals surface area (Å²) in [5.41, 5.74) is 1.64. The molecular formula is C17H23N3O3S. The molecule has 1 fully saturated rings. The third-order valence-corrected chi connectivity index (χ3v) is 5.89. The van der Waals surface area contributed by atoms with E-state index in [1.54, 1.807) is 18.0 Å². The van der Waals surface area contributed by atoms with Crippen LogP contribution in [0.2, 0.25) is 0 Å². The lowest BCUT2D eigenvalue weighted by Gasteiger charge is -2.10. The minimum absolute atomic E-state index is 0.230. The fraction of sp³-hybridized carbons (Fsp3) is 0.471. The third-order valence-electron chi connectivity index (χ3n) is 4.39. The van der Waals surface area contributed by atoms with Crippen LogP contribution >= 0.6 is 0 Å². The number of hydrogen-bond acceptors (Lipinski definition) is 4. The van der Waals surface area contributed by atoms with Crippen LogP contribution in [0.15, 0.2) is 36.7 Å². The van der Waals surface area contributed by atoms with Gasteiger partial charge in [0.15, 0.2) is 0 Å². The minimum atomic E-state index is -3.24. The van der Waals surface area contributed by atoms with Crippen molar-refractivity contribution in [2.45, 2.75) is 32.2 Å². The van der Waals surface area contributed by atoms with Crippen molar-refractivity contribution in [2.24, 2.45) is 5.92 Å². The van der Waals surface area contributed by atoms with E-state index in [0.717, 1.165) is 36.9 Å². The average molecular weight is 349 g/mol. The molecule has 1 saturated carbocycles. The molecular weight excluding hydrogens is 326 g/mol. The van der Waals surface area contributed by atoms with Gasteiger partial charge in [-0.1, -0.05) is 25.0 Å². The normalized spacial score (nSPS) is 15.7. The number of nitrogens with zero attached hydrogens (tertiary/aromatic N) is 2. The van der Waals surface area contributed by atoms with Crippen molar-refractivity contribution in [3.8, 4) is 11.4 Å². The van der Waals surface area contributed by atoms with Gasteiger partial charge in [-0.3, -0.25) is 0 Å². The van der Waals surface area contributed by atoms with Gasteiger partial charge < -0.3 is 4.74 Å². The van der Waals surface area contributed by atoms with Crippen molar-refractivity contribution in [1.82, 2.24) is 14.5 Å². The molecule has 0 radical (unpaired) electrons. The largest absolute Gasteiger partial charge is 0.494 e. The van der Waals surface area contributed by atoms with E-state index in [2.05, 4.69) is 9.82 Å². The summed E-state index contributed by atoms with van der Waals surface area (Å²) < 4.78 is 34.1. The molecule has 3 rings (SSSR count). The molecule has 24 heavy (non-hydrogen) atoms. The summed E-state index contributed by atoms with van der Waals surface area (Å²) in [7, 11) is -1.63. The molecule has 1 aliphatic carbocycles. The summed E-state index contributed by atoms with van der Waals surface area (Å²) in [4.78, 5) is 0. The maximum Gasteiger partial charge on any atom is 0.212 e. The second-order valence-corrected chi connectivity index (χ2v) is 8.07. The summed E-state index contributed by atoms with van der Waals surface area (Å²) >= 11 is 0. The highest BCUT2D eigenvalue weighted by Gasteiger charge is 2.22. The SMILES string of the molecule is COc1ccccc1-n1cc(CNS(=O)(=O)CC2CCCC2)cn1. The Morgan fingerprint density at radius 3 is 2.79 bits per heavy atom. The predicted octanol–water partition coefficient (Wildman–Crippen LogP) is 2.49. The fourth-order valence-electron chi connectivity index (χ4n) is 3.14. The Labute approximate surface area is 142 Å². The highest BCUT2D eigenvalue weighted by molar-refractivity contribution is 7.89. The summed E-state index contributed by atoms with van der Waals surface area (Å²) in [6.45, 7) is 0.254. The molecule has 0 bridgehead atoms. The molecule has 0 amide bonds. The molecule has 1 heterocycles. The first-order chi connectivity index (χ1) is 11.6. The molecule has 0 spiro atoms. The van der Waals surface area contributed by atoms with E-state index in [1.807, 2.05) is 30.5 Å². The molecule has 0 saturated heterocycles. The van der Waals surface area contributed by atoms with Gasteiger partial charge in [0, 0.05) is 18.3 Å². The third kappa shape index (κ3) is 4.15. The highest BCUT2D eigenvalue weighted by atomic mass is 32.2. The molecule has 1 aromatic carbocycles. The lowest BCUT2D eigenvalue weighted by Crippen LogP contribution is -2.28. The van der Waals surface area contributed by atoms with E-state index in [-0.39, 0.29) is 12.3 Å². The first-order valence-corrected chi connectivity index (χ1v) is 9.87.